The van der Waals surface area contributed by atoms with Gasteiger partial charge in [0.15, 0.2) is 0 Å². The topological polar surface area (TPSA) is 62.6 Å². The first-order valence-electron chi connectivity index (χ1n) is 8.83. The number of nitrogens with one attached hydrogen (secondary N) is 1. The predicted molar refractivity (Wildman–Crippen MR) is 86.5 cm³/mol. The fourth-order valence-electron chi connectivity index (χ4n) is 3.61. The van der Waals surface area contributed by atoms with E-state index in [0.717, 1.165) is 18.6 Å². The van der Waals surface area contributed by atoms with Crippen LogP contribution >= 0.6 is 0 Å². The van der Waals surface area contributed by atoms with Crippen LogP contribution in [0.25, 0.3) is 0 Å². The van der Waals surface area contributed by atoms with Gasteiger partial charge in [-0.15, -0.1) is 0 Å². The van der Waals surface area contributed by atoms with Gasteiger partial charge in [-0.1, -0.05) is 32.1 Å². The van der Waals surface area contributed by atoms with Gasteiger partial charge in [-0.05, 0) is 25.0 Å². The Bertz CT molecular complexity index is 518. The van der Waals surface area contributed by atoms with E-state index in [1.54, 1.807) is 11.2 Å². The Morgan fingerprint density at radius 2 is 1.96 bits per heavy atom. The third-order valence-electron chi connectivity index (χ3n) is 4.96. The summed E-state index contributed by atoms with van der Waals surface area (Å²) in [5.41, 5.74) is 0. The molecule has 0 aromatic carbocycles. The maximum Gasteiger partial charge on any atom is 0.225 e. The summed E-state index contributed by atoms with van der Waals surface area (Å²) in [6.07, 6.45) is 10.3. The van der Waals surface area contributed by atoms with Crippen molar-refractivity contribution in [2.24, 2.45) is 5.92 Å². The van der Waals surface area contributed by atoms with Crippen LogP contribution in [0.15, 0.2) is 22.8 Å². The first kappa shape index (κ1) is 16.1. The zero-order valence-corrected chi connectivity index (χ0v) is 13.6. The number of rotatable bonds is 4. The van der Waals surface area contributed by atoms with E-state index in [0.29, 0.717) is 19.5 Å². The Kier molecular flexibility index (Phi) is 5.36. The van der Waals surface area contributed by atoms with Crippen molar-refractivity contribution in [3.63, 3.8) is 0 Å². The summed E-state index contributed by atoms with van der Waals surface area (Å²) in [6, 6.07) is 3.96. The van der Waals surface area contributed by atoms with Crippen LogP contribution in [0.4, 0.5) is 0 Å². The number of hydrogen-bond acceptors (Lipinski definition) is 3. The second-order valence-corrected chi connectivity index (χ2v) is 6.81. The molecule has 0 spiro atoms. The highest BCUT2D eigenvalue weighted by Gasteiger charge is 2.35. The molecule has 1 aliphatic heterocycles. The van der Waals surface area contributed by atoms with E-state index >= 15 is 0 Å². The standard InChI is InChI=1S/C18H26N2O3/c21-17-11-14(12-20(17)13-16-9-6-10-23-16)18(22)19-15-7-4-2-1-3-5-8-15/h6,9-10,14-15H,1-5,7-8,11-13H2,(H,19,22). The zero-order valence-electron chi connectivity index (χ0n) is 13.6. The van der Waals surface area contributed by atoms with Crippen molar-refractivity contribution in [3.8, 4) is 0 Å². The molecule has 2 fully saturated rings. The third kappa shape index (κ3) is 4.36. The Hall–Kier alpha value is -1.78. The van der Waals surface area contributed by atoms with Crippen LogP contribution in [0.5, 0.6) is 0 Å². The molecule has 1 aromatic heterocycles. The van der Waals surface area contributed by atoms with Crippen LogP contribution in [0.3, 0.4) is 0 Å². The molecule has 1 unspecified atom stereocenters. The van der Waals surface area contributed by atoms with Crippen molar-refractivity contribution >= 4 is 11.8 Å². The molecule has 0 bridgehead atoms. The van der Waals surface area contributed by atoms with Gasteiger partial charge < -0.3 is 14.6 Å². The number of carbonyl (C=O) groups is 2. The first-order chi connectivity index (χ1) is 11.2. The molecule has 126 valence electrons. The second-order valence-electron chi connectivity index (χ2n) is 6.81. The molecule has 5 nitrogen and oxygen atoms in total. The molecule has 2 aliphatic rings. The Morgan fingerprint density at radius 1 is 1.22 bits per heavy atom. The third-order valence-corrected chi connectivity index (χ3v) is 4.96. The van der Waals surface area contributed by atoms with Gasteiger partial charge in [0.05, 0.1) is 18.7 Å². The van der Waals surface area contributed by atoms with Crippen LogP contribution in [0.2, 0.25) is 0 Å². The largest absolute Gasteiger partial charge is 0.467 e. The van der Waals surface area contributed by atoms with Gasteiger partial charge in [-0.2, -0.15) is 0 Å². The average Bonchev–Trinajstić information content (AvgIpc) is 3.13. The van der Waals surface area contributed by atoms with E-state index in [2.05, 4.69) is 5.32 Å². The molecular formula is C18H26N2O3. The van der Waals surface area contributed by atoms with Gasteiger partial charge in [0, 0.05) is 19.0 Å². The molecule has 1 saturated carbocycles. The molecule has 1 saturated heterocycles. The fourth-order valence-corrected chi connectivity index (χ4v) is 3.61. The zero-order chi connectivity index (χ0) is 16.1. The molecule has 2 amide bonds. The van der Waals surface area contributed by atoms with Crippen molar-refractivity contribution in [2.75, 3.05) is 6.54 Å². The lowest BCUT2D eigenvalue weighted by Gasteiger charge is -2.22. The first-order valence-corrected chi connectivity index (χ1v) is 8.83. The maximum atomic E-state index is 12.5. The monoisotopic (exact) mass is 318 g/mol. The molecule has 3 rings (SSSR count). The minimum atomic E-state index is -0.220. The lowest BCUT2D eigenvalue weighted by atomic mass is 9.96. The minimum Gasteiger partial charge on any atom is -0.467 e. The normalized spacial score (nSPS) is 23.6. The van der Waals surface area contributed by atoms with E-state index in [1.165, 1.54) is 32.1 Å². The SMILES string of the molecule is O=C(NC1CCCCCCC1)C1CC(=O)N(Cc2ccco2)C1. The molecule has 23 heavy (non-hydrogen) atoms. The number of likely N-dealkylation sites (tertiary alicyclic amines) is 1. The molecule has 1 aliphatic carbocycles. The summed E-state index contributed by atoms with van der Waals surface area (Å²) in [4.78, 5) is 26.3. The Balaban J connectivity index is 1.50. The number of carbonyl (C=O) groups excluding carboxylic acids is 2. The highest BCUT2D eigenvalue weighted by Crippen LogP contribution is 2.22. The lowest BCUT2D eigenvalue weighted by molar-refractivity contribution is -0.129. The molecular weight excluding hydrogens is 292 g/mol. The molecule has 1 N–H and O–H groups in total. The summed E-state index contributed by atoms with van der Waals surface area (Å²) in [5.74, 6) is 0.632. The van der Waals surface area contributed by atoms with Crippen LogP contribution < -0.4 is 5.32 Å². The van der Waals surface area contributed by atoms with Crippen molar-refractivity contribution in [1.29, 1.82) is 0 Å². The maximum absolute atomic E-state index is 12.5. The van der Waals surface area contributed by atoms with Gasteiger partial charge in [0.25, 0.3) is 0 Å². The average molecular weight is 318 g/mol. The molecule has 5 heteroatoms. The molecule has 1 aromatic rings. The number of amides is 2. The lowest BCUT2D eigenvalue weighted by Crippen LogP contribution is -2.40. The van der Waals surface area contributed by atoms with Crippen molar-refractivity contribution in [2.45, 2.75) is 64.0 Å². The molecule has 2 heterocycles. The molecule has 1 atom stereocenters. The van der Waals surface area contributed by atoms with Gasteiger partial charge in [0.2, 0.25) is 11.8 Å². The van der Waals surface area contributed by atoms with E-state index in [1.807, 2.05) is 12.1 Å². The van der Waals surface area contributed by atoms with Gasteiger partial charge in [-0.3, -0.25) is 9.59 Å². The van der Waals surface area contributed by atoms with Gasteiger partial charge >= 0.3 is 0 Å². The number of furan rings is 1. The fraction of sp³-hybridized carbons (Fsp3) is 0.667. The van der Waals surface area contributed by atoms with E-state index in [4.69, 9.17) is 4.42 Å². The van der Waals surface area contributed by atoms with Gasteiger partial charge in [-0.25, -0.2) is 0 Å². The van der Waals surface area contributed by atoms with Crippen LogP contribution in [0, 0.1) is 5.92 Å². The minimum absolute atomic E-state index is 0.0409. The smallest absolute Gasteiger partial charge is 0.225 e. The number of nitrogens with zero attached hydrogens (tertiary/aromatic N) is 1. The van der Waals surface area contributed by atoms with E-state index in [-0.39, 0.29) is 23.8 Å². The Morgan fingerprint density at radius 3 is 2.65 bits per heavy atom. The Labute approximate surface area is 137 Å². The summed E-state index contributed by atoms with van der Waals surface area (Å²) in [7, 11) is 0. The van der Waals surface area contributed by atoms with Crippen LogP contribution in [-0.4, -0.2) is 29.3 Å². The van der Waals surface area contributed by atoms with Crippen molar-refractivity contribution in [3.05, 3.63) is 24.2 Å². The summed E-state index contributed by atoms with van der Waals surface area (Å²) >= 11 is 0. The summed E-state index contributed by atoms with van der Waals surface area (Å²) in [5, 5.41) is 3.19. The highest BCUT2D eigenvalue weighted by molar-refractivity contribution is 5.89. The van der Waals surface area contributed by atoms with Gasteiger partial charge in [0.1, 0.15) is 5.76 Å². The van der Waals surface area contributed by atoms with Crippen molar-refractivity contribution < 1.29 is 14.0 Å². The van der Waals surface area contributed by atoms with E-state index in [9.17, 15) is 9.59 Å². The summed E-state index contributed by atoms with van der Waals surface area (Å²) in [6.45, 7) is 0.955. The second kappa shape index (κ2) is 7.66. The van der Waals surface area contributed by atoms with E-state index < -0.39 is 0 Å². The number of hydrogen-bond donors (Lipinski definition) is 1. The van der Waals surface area contributed by atoms with Crippen LogP contribution in [0.1, 0.15) is 57.1 Å². The predicted octanol–water partition coefficient (Wildman–Crippen LogP) is 2.86. The highest BCUT2D eigenvalue weighted by atomic mass is 16.3. The van der Waals surface area contributed by atoms with Crippen molar-refractivity contribution in [1.82, 2.24) is 10.2 Å². The van der Waals surface area contributed by atoms with Crippen LogP contribution in [-0.2, 0) is 16.1 Å². The summed E-state index contributed by atoms with van der Waals surface area (Å²) < 4.78 is 5.29. The quantitative estimate of drug-likeness (QED) is 0.928. The molecule has 0 radical (unpaired) electrons.